The maximum atomic E-state index is 11.8. The van der Waals surface area contributed by atoms with Gasteiger partial charge in [0.1, 0.15) is 18.3 Å². The van der Waals surface area contributed by atoms with Crippen molar-refractivity contribution in [2.45, 2.75) is 37.6 Å². The summed E-state index contributed by atoms with van der Waals surface area (Å²) < 4.78 is 16.4. The summed E-state index contributed by atoms with van der Waals surface area (Å²) >= 11 is 0. The highest BCUT2D eigenvalue weighted by Gasteiger charge is 2.46. The van der Waals surface area contributed by atoms with E-state index in [4.69, 9.17) is 14.2 Å². The number of aliphatic hydroxyl groups excluding tert-OH is 2. The molecule has 0 spiro atoms. The van der Waals surface area contributed by atoms with Gasteiger partial charge in [-0.05, 0) is 6.92 Å². The van der Waals surface area contributed by atoms with Crippen molar-refractivity contribution in [2.75, 3.05) is 14.2 Å². The van der Waals surface area contributed by atoms with Crippen LogP contribution in [0.3, 0.4) is 0 Å². The Morgan fingerprint density at radius 2 is 2.00 bits per heavy atom. The van der Waals surface area contributed by atoms with Crippen LogP contribution in [-0.4, -0.2) is 58.4 Å². The van der Waals surface area contributed by atoms with E-state index in [1.54, 1.807) is 6.92 Å². The van der Waals surface area contributed by atoms with E-state index in [0.717, 1.165) is 10.8 Å². The summed E-state index contributed by atoms with van der Waals surface area (Å²) in [6.45, 7) is 1.67. The molecule has 0 radical (unpaired) electrons. The monoisotopic (exact) mass is 302 g/mol. The first kappa shape index (κ1) is 15.7. The second kappa shape index (κ2) is 5.98. The number of hydrogen-bond donors (Lipinski definition) is 3. The lowest BCUT2D eigenvalue weighted by Gasteiger charge is -2.20. The number of aromatic amines is 1. The van der Waals surface area contributed by atoms with E-state index in [9.17, 15) is 19.8 Å². The van der Waals surface area contributed by atoms with Crippen LogP contribution in [0.25, 0.3) is 0 Å². The summed E-state index contributed by atoms with van der Waals surface area (Å²) in [6.07, 6.45) is -3.89. The molecule has 0 amide bonds. The van der Waals surface area contributed by atoms with Crippen LogP contribution in [0.1, 0.15) is 13.2 Å². The molecule has 21 heavy (non-hydrogen) atoms. The van der Waals surface area contributed by atoms with Crippen LogP contribution in [0.15, 0.2) is 15.8 Å². The number of ether oxygens (including phenoxy) is 3. The minimum Gasteiger partial charge on any atom is -0.490 e. The highest BCUT2D eigenvalue weighted by Crippen LogP contribution is 2.31. The van der Waals surface area contributed by atoms with Crippen molar-refractivity contribution in [2.24, 2.45) is 0 Å². The average molecular weight is 302 g/mol. The van der Waals surface area contributed by atoms with E-state index >= 15 is 0 Å². The van der Waals surface area contributed by atoms with Crippen molar-refractivity contribution in [3.05, 3.63) is 27.0 Å². The predicted molar refractivity (Wildman–Crippen MR) is 70.3 cm³/mol. The van der Waals surface area contributed by atoms with Crippen LogP contribution in [0.5, 0.6) is 5.75 Å². The maximum absolute atomic E-state index is 11.8. The molecule has 1 unspecified atom stereocenters. The van der Waals surface area contributed by atoms with Crippen LogP contribution in [0, 0.1) is 0 Å². The molecule has 2 heterocycles. The summed E-state index contributed by atoms with van der Waals surface area (Å²) in [5, 5.41) is 20.0. The zero-order chi connectivity index (χ0) is 15.7. The topological polar surface area (TPSA) is 123 Å². The standard InChI is InChI=1S/C12H18N2O7/c1-5(19-2)9-7(15)8(16)11(21-9)14-4-6(20-3)10(17)13-12(14)18/h4-5,7-9,11,15-16H,1-3H3,(H,13,17,18)/t5?,7-,8+,9+,11+/m0/s1. The average Bonchev–Trinajstić information content (AvgIpc) is 2.75. The molecule has 3 N–H and O–H groups in total. The lowest BCUT2D eigenvalue weighted by molar-refractivity contribution is -0.0916. The minimum atomic E-state index is -1.35. The van der Waals surface area contributed by atoms with Gasteiger partial charge in [-0.1, -0.05) is 0 Å². The first-order valence-electron chi connectivity index (χ1n) is 6.34. The van der Waals surface area contributed by atoms with Gasteiger partial charge in [-0.25, -0.2) is 4.79 Å². The number of nitrogens with zero attached hydrogens (tertiary/aromatic N) is 1. The first-order valence-corrected chi connectivity index (χ1v) is 6.34. The molecule has 1 saturated heterocycles. The molecule has 1 aliphatic heterocycles. The lowest BCUT2D eigenvalue weighted by Crippen LogP contribution is -2.39. The normalized spacial score (nSPS) is 30.3. The van der Waals surface area contributed by atoms with Crippen molar-refractivity contribution in [1.29, 1.82) is 0 Å². The van der Waals surface area contributed by atoms with E-state index in [2.05, 4.69) is 4.98 Å². The zero-order valence-electron chi connectivity index (χ0n) is 11.8. The van der Waals surface area contributed by atoms with Crippen molar-refractivity contribution >= 4 is 0 Å². The van der Waals surface area contributed by atoms with Crippen molar-refractivity contribution < 1.29 is 24.4 Å². The Labute approximate surface area is 119 Å². The van der Waals surface area contributed by atoms with Gasteiger partial charge in [-0.2, -0.15) is 0 Å². The number of aromatic nitrogens is 2. The Morgan fingerprint density at radius 1 is 1.33 bits per heavy atom. The van der Waals surface area contributed by atoms with Crippen LogP contribution < -0.4 is 16.0 Å². The zero-order valence-corrected chi connectivity index (χ0v) is 11.8. The van der Waals surface area contributed by atoms with Gasteiger partial charge in [0.25, 0.3) is 5.56 Å². The van der Waals surface area contributed by atoms with Crippen LogP contribution in [0.2, 0.25) is 0 Å². The first-order chi connectivity index (χ1) is 9.90. The molecule has 9 nitrogen and oxygen atoms in total. The summed E-state index contributed by atoms with van der Waals surface area (Å²) in [6, 6.07) is 0. The van der Waals surface area contributed by atoms with Gasteiger partial charge in [0, 0.05) is 7.11 Å². The number of nitrogens with one attached hydrogen (secondary N) is 1. The second-order valence-electron chi connectivity index (χ2n) is 4.78. The van der Waals surface area contributed by atoms with Crippen LogP contribution in [0.4, 0.5) is 0 Å². The third-order valence-electron chi connectivity index (χ3n) is 3.54. The molecular formula is C12H18N2O7. The van der Waals surface area contributed by atoms with Gasteiger partial charge in [-0.3, -0.25) is 14.3 Å². The van der Waals surface area contributed by atoms with Gasteiger partial charge in [-0.15, -0.1) is 0 Å². The molecule has 118 valence electrons. The fourth-order valence-electron chi connectivity index (χ4n) is 2.24. The number of methoxy groups -OCH3 is 2. The van der Waals surface area contributed by atoms with E-state index in [1.807, 2.05) is 0 Å². The molecule has 0 aromatic carbocycles. The molecule has 9 heteroatoms. The Balaban J connectivity index is 2.39. The van der Waals surface area contributed by atoms with E-state index in [0.29, 0.717) is 0 Å². The fraction of sp³-hybridized carbons (Fsp3) is 0.667. The molecule has 1 fully saturated rings. The van der Waals surface area contributed by atoms with Gasteiger partial charge >= 0.3 is 5.69 Å². The largest absolute Gasteiger partial charge is 0.490 e. The summed E-state index contributed by atoms with van der Waals surface area (Å²) in [7, 11) is 2.71. The third kappa shape index (κ3) is 2.72. The van der Waals surface area contributed by atoms with E-state index < -0.39 is 41.9 Å². The Hall–Kier alpha value is -1.68. The smallest absolute Gasteiger partial charge is 0.330 e. The van der Waals surface area contributed by atoms with E-state index in [-0.39, 0.29) is 5.75 Å². The molecule has 0 saturated carbocycles. The third-order valence-corrected chi connectivity index (χ3v) is 3.54. The fourth-order valence-corrected chi connectivity index (χ4v) is 2.24. The quantitative estimate of drug-likeness (QED) is 0.599. The van der Waals surface area contributed by atoms with Crippen LogP contribution in [-0.2, 0) is 9.47 Å². The van der Waals surface area contributed by atoms with Gasteiger partial charge in [0.15, 0.2) is 6.23 Å². The van der Waals surface area contributed by atoms with Crippen LogP contribution >= 0.6 is 0 Å². The summed E-state index contributed by atoms with van der Waals surface area (Å²) in [5.74, 6) is -0.108. The number of aliphatic hydroxyl groups is 2. The van der Waals surface area contributed by atoms with Crippen molar-refractivity contribution in [3.8, 4) is 5.75 Å². The maximum Gasteiger partial charge on any atom is 0.330 e. The van der Waals surface area contributed by atoms with Crippen molar-refractivity contribution in [1.82, 2.24) is 9.55 Å². The number of rotatable bonds is 4. The molecule has 5 atom stereocenters. The SMILES string of the molecule is COc1cn([C@@H]2O[C@H](C(C)OC)[C@@H](O)[C@H]2O)c(=O)[nH]c1=O. The number of hydrogen-bond acceptors (Lipinski definition) is 7. The molecule has 2 rings (SSSR count). The van der Waals surface area contributed by atoms with Gasteiger partial charge < -0.3 is 24.4 Å². The molecule has 0 bridgehead atoms. The highest BCUT2D eigenvalue weighted by atomic mass is 16.6. The van der Waals surface area contributed by atoms with Gasteiger partial charge in [0.2, 0.25) is 5.75 Å². The second-order valence-corrected chi connectivity index (χ2v) is 4.78. The molecule has 1 aliphatic rings. The van der Waals surface area contributed by atoms with Gasteiger partial charge in [0.05, 0.1) is 19.4 Å². The summed E-state index contributed by atoms with van der Waals surface area (Å²) in [5.41, 5.74) is -1.46. The van der Waals surface area contributed by atoms with Crippen molar-refractivity contribution in [3.63, 3.8) is 0 Å². The summed E-state index contributed by atoms with van der Waals surface area (Å²) in [4.78, 5) is 25.3. The predicted octanol–water partition coefficient (Wildman–Crippen LogP) is -1.80. The highest BCUT2D eigenvalue weighted by molar-refractivity contribution is 5.12. The number of H-pyrrole nitrogens is 1. The Kier molecular flexibility index (Phi) is 4.47. The minimum absolute atomic E-state index is 0.108. The molecule has 1 aromatic heterocycles. The molecular weight excluding hydrogens is 284 g/mol. The molecule has 0 aliphatic carbocycles. The lowest BCUT2D eigenvalue weighted by atomic mass is 10.1. The van der Waals surface area contributed by atoms with E-state index in [1.165, 1.54) is 14.2 Å². The Bertz CT molecular complexity index is 610. The Morgan fingerprint density at radius 3 is 2.57 bits per heavy atom. The molecule has 1 aromatic rings.